The summed E-state index contributed by atoms with van der Waals surface area (Å²) in [6, 6.07) is 3.45. The maximum Gasteiger partial charge on any atom is 0.407 e. The van der Waals surface area contributed by atoms with Gasteiger partial charge in [-0.05, 0) is 45.6 Å². The average Bonchev–Trinajstić information content (AvgIpc) is 3.31. The number of ether oxygens (including phenoxy) is 1. The molecule has 162 valence electrons. The Bertz CT molecular complexity index is 1040. The van der Waals surface area contributed by atoms with Gasteiger partial charge < -0.3 is 15.4 Å². The van der Waals surface area contributed by atoms with Gasteiger partial charge in [0, 0.05) is 42.0 Å². The first-order valence-corrected chi connectivity index (χ1v) is 11.6. The van der Waals surface area contributed by atoms with Crippen molar-refractivity contribution in [3.05, 3.63) is 29.6 Å². The molecule has 0 radical (unpaired) electrons. The molecule has 0 saturated heterocycles. The maximum atomic E-state index is 12.2. The lowest BCUT2D eigenvalue weighted by molar-refractivity contribution is 0.0981. The lowest BCUT2D eigenvalue weighted by Gasteiger charge is -2.19. The normalized spacial score (nSPS) is 22.5. The van der Waals surface area contributed by atoms with E-state index in [1.165, 1.54) is 12.3 Å². The molecule has 1 saturated carbocycles. The maximum absolute atomic E-state index is 12.2. The quantitative estimate of drug-likeness (QED) is 0.566. The lowest BCUT2D eigenvalue weighted by atomic mass is 10.0. The molecular formula is C19H26N6O4S. The molecule has 30 heavy (non-hydrogen) atoms. The Kier molecular flexibility index (Phi) is 5.65. The zero-order valence-electron chi connectivity index (χ0n) is 16.9. The minimum atomic E-state index is -3.49. The first-order valence-electron chi connectivity index (χ1n) is 10.1. The molecule has 11 heteroatoms. The monoisotopic (exact) mass is 434 g/mol. The molecule has 1 fully saturated rings. The summed E-state index contributed by atoms with van der Waals surface area (Å²) in [7, 11) is -3.49. The largest absolute Gasteiger partial charge is 0.446 e. The molecule has 0 bridgehead atoms. The van der Waals surface area contributed by atoms with Gasteiger partial charge >= 0.3 is 6.09 Å². The summed E-state index contributed by atoms with van der Waals surface area (Å²) in [5, 5.41) is 13.2. The van der Waals surface area contributed by atoms with Crippen LogP contribution in [0.2, 0.25) is 0 Å². The first kappa shape index (κ1) is 20.6. The second-order valence-corrected chi connectivity index (χ2v) is 9.69. The first-order chi connectivity index (χ1) is 14.3. The van der Waals surface area contributed by atoms with E-state index in [-0.39, 0.29) is 29.1 Å². The number of hydrogen-bond acceptors (Lipinski definition) is 7. The van der Waals surface area contributed by atoms with E-state index in [9.17, 15) is 13.2 Å². The zero-order valence-corrected chi connectivity index (χ0v) is 17.8. The van der Waals surface area contributed by atoms with Crippen LogP contribution < -0.4 is 15.4 Å². The molecule has 0 unspecified atom stereocenters. The van der Waals surface area contributed by atoms with Gasteiger partial charge in [0.2, 0.25) is 10.0 Å². The van der Waals surface area contributed by atoms with Crippen molar-refractivity contribution in [2.75, 3.05) is 11.9 Å². The van der Waals surface area contributed by atoms with Crippen LogP contribution in [0.5, 0.6) is 0 Å². The number of pyridine rings is 1. The van der Waals surface area contributed by atoms with Crippen molar-refractivity contribution in [2.24, 2.45) is 0 Å². The Morgan fingerprint density at radius 1 is 1.33 bits per heavy atom. The molecule has 3 heterocycles. The standard InChI is InChI=1S/C19H26N6O4S/c1-11(2)22-19(26)29-13-4-3-12(9-13)15-10-17(25-24-15)23-18-14-5-8-21-30(27,28)16(14)6-7-20-18/h6-7,10-13,21H,3-5,8-9H2,1-2H3,(H,22,26)(H2,20,23,24,25)/t12-,13+/m0/s1. The number of aromatic nitrogens is 3. The minimum absolute atomic E-state index is 0.0408. The number of aromatic amines is 1. The molecule has 4 N–H and O–H groups in total. The van der Waals surface area contributed by atoms with Gasteiger partial charge in [0.25, 0.3) is 0 Å². The molecule has 1 amide bonds. The molecule has 2 aromatic rings. The highest BCUT2D eigenvalue weighted by Gasteiger charge is 2.30. The molecule has 2 atom stereocenters. The van der Waals surface area contributed by atoms with Crippen molar-refractivity contribution in [1.29, 1.82) is 0 Å². The molecule has 10 nitrogen and oxygen atoms in total. The van der Waals surface area contributed by atoms with Crippen molar-refractivity contribution < 1.29 is 17.9 Å². The minimum Gasteiger partial charge on any atom is -0.446 e. The summed E-state index contributed by atoms with van der Waals surface area (Å²) in [5.74, 6) is 1.28. The van der Waals surface area contributed by atoms with Gasteiger partial charge in [-0.3, -0.25) is 5.10 Å². The number of anilines is 2. The number of carbonyl (C=O) groups excluding carboxylic acids is 1. The second kappa shape index (κ2) is 8.23. The SMILES string of the molecule is CC(C)NC(=O)O[C@@H]1CC[C@H](c2cc(Nc3nccc4c3CCNS4(=O)=O)n[nH]2)C1. The number of alkyl carbamates (subject to hydrolysis) is 1. The highest BCUT2D eigenvalue weighted by atomic mass is 32.2. The van der Waals surface area contributed by atoms with Gasteiger partial charge in [0.15, 0.2) is 5.82 Å². The van der Waals surface area contributed by atoms with Crippen molar-refractivity contribution >= 4 is 27.8 Å². The van der Waals surface area contributed by atoms with E-state index in [1.54, 1.807) is 0 Å². The number of hydrogen-bond donors (Lipinski definition) is 4. The summed E-state index contributed by atoms with van der Waals surface area (Å²) >= 11 is 0. The van der Waals surface area contributed by atoms with E-state index in [0.717, 1.165) is 25.0 Å². The molecule has 0 aromatic carbocycles. The third kappa shape index (κ3) is 4.41. The number of nitrogens with zero attached hydrogens (tertiary/aromatic N) is 2. The number of nitrogens with one attached hydrogen (secondary N) is 4. The fourth-order valence-corrected chi connectivity index (χ4v) is 5.24. The Labute approximate surface area is 175 Å². The number of amides is 1. The number of fused-ring (bicyclic) bond motifs is 1. The van der Waals surface area contributed by atoms with Crippen molar-refractivity contribution in [3.8, 4) is 0 Å². The van der Waals surface area contributed by atoms with Crippen molar-refractivity contribution in [3.63, 3.8) is 0 Å². The van der Waals surface area contributed by atoms with Gasteiger partial charge in [-0.15, -0.1) is 0 Å². The van der Waals surface area contributed by atoms with Gasteiger partial charge in [0.05, 0.1) is 4.90 Å². The summed E-state index contributed by atoms with van der Waals surface area (Å²) in [4.78, 5) is 16.4. The highest BCUT2D eigenvalue weighted by Crippen LogP contribution is 2.36. The van der Waals surface area contributed by atoms with E-state index in [1.807, 2.05) is 19.9 Å². The molecule has 2 aliphatic rings. The van der Waals surface area contributed by atoms with E-state index in [2.05, 4.69) is 30.5 Å². The molecule has 4 rings (SSSR count). The second-order valence-electron chi connectivity index (χ2n) is 7.95. The molecule has 1 aliphatic carbocycles. The third-order valence-corrected chi connectivity index (χ3v) is 6.86. The van der Waals surface area contributed by atoms with Crippen LogP contribution in [0.1, 0.15) is 50.3 Å². The fourth-order valence-electron chi connectivity index (χ4n) is 3.95. The van der Waals surface area contributed by atoms with Crippen LogP contribution in [0, 0.1) is 0 Å². The number of rotatable bonds is 5. The van der Waals surface area contributed by atoms with Crippen LogP contribution in [0.3, 0.4) is 0 Å². The van der Waals surface area contributed by atoms with Crippen LogP contribution in [0.4, 0.5) is 16.4 Å². The van der Waals surface area contributed by atoms with E-state index in [4.69, 9.17) is 4.74 Å². The van der Waals surface area contributed by atoms with E-state index in [0.29, 0.717) is 30.2 Å². The Balaban J connectivity index is 1.42. The lowest BCUT2D eigenvalue weighted by Crippen LogP contribution is -2.33. The van der Waals surface area contributed by atoms with Crippen LogP contribution in [0.25, 0.3) is 0 Å². The predicted molar refractivity (Wildman–Crippen MR) is 110 cm³/mol. The number of H-pyrrole nitrogens is 1. The van der Waals surface area contributed by atoms with E-state index >= 15 is 0 Å². The van der Waals surface area contributed by atoms with Gasteiger partial charge in [-0.2, -0.15) is 5.10 Å². The van der Waals surface area contributed by atoms with E-state index < -0.39 is 10.0 Å². The summed E-state index contributed by atoms with van der Waals surface area (Å²) in [5.41, 5.74) is 1.61. The third-order valence-electron chi connectivity index (χ3n) is 5.32. The van der Waals surface area contributed by atoms with Gasteiger partial charge in [0.1, 0.15) is 11.9 Å². The molecule has 2 aromatic heterocycles. The summed E-state index contributed by atoms with van der Waals surface area (Å²) < 4.78 is 32.4. The Morgan fingerprint density at radius 3 is 2.97 bits per heavy atom. The Morgan fingerprint density at radius 2 is 2.17 bits per heavy atom. The van der Waals surface area contributed by atoms with Crippen LogP contribution in [-0.4, -0.2) is 48.4 Å². The topological polar surface area (TPSA) is 138 Å². The summed E-state index contributed by atoms with van der Waals surface area (Å²) in [6.45, 7) is 4.13. The molecule has 1 aliphatic heterocycles. The zero-order chi connectivity index (χ0) is 21.3. The molecular weight excluding hydrogens is 408 g/mol. The Hall–Kier alpha value is -2.66. The predicted octanol–water partition coefficient (Wildman–Crippen LogP) is 2.15. The highest BCUT2D eigenvalue weighted by molar-refractivity contribution is 7.89. The summed E-state index contributed by atoms with van der Waals surface area (Å²) in [6.07, 6.45) is 3.96. The van der Waals surface area contributed by atoms with Crippen LogP contribution >= 0.6 is 0 Å². The van der Waals surface area contributed by atoms with Crippen LogP contribution in [-0.2, 0) is 21.2 Å². The smallest absolute Gasteiger partial charge is 0.407 e. The van der Waals surface area contributed by atoms with Crippen molar-refractivity contribution in [2.45, 2.75) is 62.5 Å². The average molecular weight is 435 g/mol. The number of sulfonamides is 1. The van der Waals surface area contributed by atoms with Gasteiger partial charge in [-0.1, -0.05) is 0 Å². The fraction of sp³-hybridized carbons (Fsp3) is 0.526. The van der Waals surface area contributed by atoms with Crippen molar-refractivity contribution in [1.82, 2.24) is 25.2 Å². The van der Waals surface area contributed by atoms with Crippen LogP contribution in [0.15, 0.2) is 23.2 Å². The number of carbonyl (C=O) groups is 1. The molecule has 0 spiro atoms. The van der Waals surface area contributed by atoms with Gasteiger partial charge in [-0.25, -0.2) is 22.9 Å².